The van der Waals surface area contributed by atoms with Gasteiger partial charge in [-0.15, -0.1) is 0 Å². The molecular formula is C18H21N7O. The summed E-state index contributed by atoms with van der Waals surface area (Å²) in [4.78, 5) is 3.99. The van der Waals surface area contributed by atoms with Crippen LogP contribution in [0.5, 0.6) is 0 Å². The summed E-state index contributed by atoms with van der Waals surface area (Å²) in [5, 5.41) is 11.5. The summed E-state index contributed by atoms with van der Waals surface area (Å²) in [5.41, 5.74) is 16.2. The summed E-state index contributed by atoms with van der Waals surface area (Å²) in [5.74, 6) is 1.73. The topological polar surface area (TPSA) is 131 Å². The molecule has 0 bridgehead atoms. The Bertz CT molecular complexity index is 962. The van der Waals surface area contributed by atoms with Crippen LogP contribution < -0.4 is 27.8 Å². The summed E-state index contributed by atoms with van der Waals surface area (Å²) < 4.78 is 7.26. The molecule has 1 aliphatic heterocycles. The van der Waals surface area contributed by atoms with Gasteiger partial charge in [0.25, 0.3) is 0 Å². The van der Waals surface area contributed by atoms with Gasteiger partial charge in [0.2, 0.25) is 5.62 Å². The lowest BCUT2D eigenvalue weighted by Gasteiger charge is -2.27. The number of hydrogen-bond donors (Lipinski definition) is 5. The van der Waals surface area contributed by atoms with Crippen LogP contribution >= 0.6 is 0 Å². The summed E-state index contributed by atoms with van der Waals surface area (Å²) >= 11 is 0. The number of nitrogens with zero attached hydrogens (tertiary/aromatic N) is 2. The lowest BCUT2D eigenvalue weighted by atomic mass is 9.98. The number of rotatable bonds is 5. The first-order chi connectivity index (χ1) is 12.6. The Kier molecular flexibility index (Phi) is 3.80. The molecule has 7 N–H and O–H groups in total. The zero-order valence-corrected chi connectivity index (χ0v) is 14.2. The van der Waals surface area contributed by atoms with Crippen molar-refractivity contribution in [1.82, 2.24) is 9.66 Å². The largest absolute Gasteiger partial charge is 0.465 e. The molecule has 1 atom stereocenters. The molecule has 26 heavy (non-hydrogen) atoms. The quantitative estimate of drug-likeness (QED) is 0.447. The van der Waals surface area contributed by atoms with Gasteiger partial charge in [0.15, 0.2) is 11.4 Å². The molecule has 0 saturated heterocycles. The van der Waals surface area contributed by atoms with Gasteiger partial charge in [0.05, 0.1) is 6.26 Å². The van der Waals surface area contributed by atoms with E-state index in [9.17, 15) is 0 Å². The smallest absolute Gasteiger partial charge is 0.244 e. The molecule has 134 valence electrons. The molecular weight excluding hydrogens is 330 g/mol. The number of furan rings is 1. The van der Waals surface area contributed by atoms with Gasteiger partial charge in [-0.3, -0.25) is 10.8 Å². The van der Waals surface area contributed by atoms with Gasteiger partial charge in [-0.05, 0) is 49.1 Å². The molecule has 4 rings (SSSR count). The normalized spacial score (nSPS) is 18.2. The lowest BCUT2D eigenvalue weighted by Crippen LogP contribution is -2.42. The molecule has 0 spiro atoms. The first kappa shape index (κ1) is 16.1. The maximum Gasteiger partial charge on any atom is 0.244 e. The second-order valence-electron chi connectivity index (χ2n) is 6.44. The van der Waals surface area contributed by atoms with Crippen molar-refractivity contribution in [2.75, 3.05) is 22.2 Å². The Balaban J connectivity index is 1.57. The van der Waals surface area contributed by atoms with Crippen molar-refractivity contribution in [3.05, 3.63) is 65.7 Å². The molecule has 1 aromatic carbocycles. The van der Waals surface area contributed by atoms with Crippen LogP contribution in [0.2, 0.25) is 0 Å². The number of nitrogen functional groups attached to an aromatic ring is 2. The van der Waals surface area contributed by atoms with E-state index in [-0.39, 0.29) is 5.62 Å². The first-order valence-electron chi connectivity index (χ1n) is 8.45. The molecule has 0 aliphatic carbocycles. The van der Waals surface area contributed by atoms with Gasteiger partial charge >= 0.3 is 0 Å². The average Bonchev–Trinajstić information content (AvgIpc) is 3.25. The predicted octanol–water partition coefficient (Wildman–Crippen LogP) is 1.96. The highest BCUT2D eigenvalue weighted by molar-refractivity contribution is 5.52. The van der Waals surface area contributed by atoms with E-state index in [0.717, 1.165) is 30.7 Å². The van der Waals surface area contributed by atoms with Crippen molar-refractivity contribution >= 4 is 17.3 Å². The monoisotopic (exact) mass is 351 g/mol. The summed E-state index contributed by atoms with van der Waals surface area (Å²) in [6.45, 7) is 0. The SMILES string of the molecule is N=c1nc(N)cc2n1NC(CCCc1ccc(N)cc1)(c1ccco1)N2. The van der Waals surface area contributed by atoms with Crippen molar-refractivity contribution in [3.63, 3.8) is 0 Å². The fourth-order valence-electron chi connectivity index (χ4n) is 3.29. The Morgan fingerprint density at radius 3 is 2.73 bits per heavy atom. The zero-order chi connectivity index (χ0) is 18.1. The number of hydrogen-bond acceptors (Lipinski definition) is 7. The molecule has 8 heteroatoms. The highest BCUT2D eigenvalue weighted by Crippen LogP contribution is 2.34. The maximum absolute atomic E-state index is 8.05. The number of benzene rings is 1. The second kappa shape index (κ2) is 6.14. The van der Waals surface area contributed by atoms with E-state index in [1.165, 1.54) is 5.56 Å². The van der Waals surface area contributed by atoms with Crippen LogP contribution in [0.1, 0.15) is 24.2 Å². The van der Waals surface area contributed by atoms with E-state index in [2.05, 4.69) is 15.7 Å². The van der Waals surface area contributed by atoms with Crippen molar-refractivity contribution in [2.24, 2.45) is 0 Å². The molecule has 8 nitrogen and oxygen atoms in total. The van der Waals surface area contributed by atoms with Crippen LogP contribution in [0.15, 0.2) is 53.1 Å². The minimum atomic E-state index is -0.657. The third kappa shape index (κ3) is 2.85. The van der Waals surface area contributed by atoms with Crippen molar-refractivity contribution < 1.29 is 4.42 Å². The zero-order valence-electron chi connectivity index (χ0n) is 14.2. The Labute approximate surface area is 150 Å². The van der Waals surface area contributed by atoms with E-state index in [4.69, 9.17) is 21.3 Å². The fraction of sp³-hybridized carbons (Fsp3) is 0.222. The summed E-state index contributed by atoms with van der Waals surface area (Å²) in [6, 6.07) is 13.4. The van der Waals surface area contributed by atoms with Crippen LogP contribution in [-0.2, 0) is 12.1 Å². The van der Waals surface area contributed by atoms with E-state index < -0.39 is 5.66 Å². The van der Waals surface area contributed by atoms with Crippen molar-refractivity contribution in [1.29, 1.82) is 5.41 Å². The van der Waals surface area contributed by atoms with Gasteiger partial charge in [0, 0.05) is 11.8 Å². The van der Waals surface area contributed by atoms with Crippen molar-refractivity contribution in [3.8, 4) is 0 Å². The maximum atomic E-state index is 8.05. The van der Waals surface area contributed by atoms with Crippen molar-refractivity contribution in [2.45, 2.75) is 24.9 Å². The Morgan fingerprint density at radius 1 is 1.19 bits per heavy atom. The molecule has 1 unspecified atom stereocenters. The van der Waals surface area contributed by atoms with Gasteiger partial charge in [-0.1, -0.05) is 12.1 Å². The van der Waals surface area contributed by atoms with Gasteiger partial charge < -0.3 is 21.2 Å². The summed E-state index contributed by atoms with van der Waals surface area (Å²) in [6.07, 6.45) is 4.19. The van der Waals surface area contributed by atoms with Crippen LogP contribution in [0.25, 0.3) is 0 Å². The Morgan fingerprint density at radius 2 is 2.00 bits per heavy atom. The standard InChI is InChI=1S/C18H21N7O/c19-13-7-5-12(6-8-13)3-1-9-18(14-4-2-10-26-14)23-16-11-15(20)22-17(21)25(16)24-18/h2,4-8,10-11,23-24H,1,3,9,19H2,(H3,20,21,22). The van der Waals surface area contributed by atoms with Crippen LogP contribution in [0.3, 0.4) is 0 Å². The number of anilines is 3. The molecule has 2 aromatic heterocycles. The van der Waals surface area contributed by atoms with E-state index in [1.807, 2.05) is 36.4 Å². The fourth-order valence-corrected chi connectivity index (χ4v) is 3.29. The lowest BCUT2D eigenvalue weighted by molar-refractivity contribution is 0.369. The van der Waals surface area contributed by atoms with Crippen LogP contribution in [0, 0.1) is 5.41 Å². The molecule has 0 fully saturated rings. The minimum Gasteiger partial charge on any atom is -0.465 e. The molecule has 0 radical (unpaired) electrons. The highest BCUT2D eigenvalue weighted by atomic mass is 16.3. The molecule has 0 amide bonds. The molecule has 3 aromatic rings. The third-order valence-electron chi connectivity index (χ3n) is 4.56. The summed E-state index contributed by atoms with van der Waals surface area (Å²) in [7, 11) is 0. The number of nitrogens with one attached hydrogen (secondary N) is 3. The van der Waals surface area contributed by atoms with E-state index in [1.54, 1.807) is 17.0 Å². The van der Waals surface area contributed by atoms with Crippen LogP contribution in [-0.4, -0.2) is 9.66 Å². The van der Waals surface area contributed by atoms with E-state index in [0.29, 0.717) is 11.6 Å². The third-order valence-corrected chi connectivity index (χ3v) is 4.56. The highest BCUT2D eigenvalue weighted by Gasteiger charge is 2.40. The number of fused-ring (bicyclic) bond motifs is 1. The predicted molar refractivity (Wildman–Crippen MR) is 99.7 cm³/mol. The van der Waals surface area contributed by atoms with Gasteiger partial charge in [-0.25, -0.2) is 4.68 Å². The molecule has 0 saturated carbocycles. The van der Waals surface area contributed by atoms with Gasteiger partial charge in [0.1, 0.15) is 11.6 Å². The second-order valence-corrected chi connectivity index (χ2v) is 6.44. The van der Waals surface area contributed by atoms with Crippen LogP contribution in [0.4, 0.5) is 17.3 Å². The number of aromatic nitrogens is 2. The number of aryl methyl sites for hydroxylation is 1. The Hall–Kier alpha value is -3.42. The number of nitrogens with two attached hydrogens (primary N) is 2. The molecule has 3 heterocycles. The van der Waals surface area contributed by atoms with Gasteiger partial charge in [-0.2, -0.15) is 4.98 Å². The van der Waals surface area contributed by atoms with E-state index >= 15 is 0 Å². The minimum absolute atomic E-state index is 0.0412. The molecule has 1 aliphatic rings. The first-order valence-corrected chi connectivity index (χ1v) is 8.45. The average molecular weight is 351 g/mol.